The van der Waals surface area contributed by atoms with E-state index in [0.29, 0.717) is 0 Å². The minimum absolute atomic E-state index is 1.00. The zero-order chi connectivity index (χ0) is 11.9. The summed E-state index contributed by atoms with van der Waals surface area (Å²) in [7, 11) is 0. The van der Waals surface area contributed by atoms with Crippen molar-refractivity contribution in [2.45, 2.75) is 26.3 Å². The lowest BCUT2D eigenvalue weighted by atomic mass is 10.2. The number of thiophene rings is 1. The third kappa shape index (κ3) is 3.68. The average molecular weight is 249 g/mol. The Hall–Kier alpha value is -1.13. The predicted molar refractivity (Wildman–Crippen MR) is 72.5 cm³/mol. The van der Waals surface area contributed by atoms with Gasteiger partial charge in [0.25, 0.3) is 0 Å². The van der Waals surface area contributed by atoms with Gasteiger partial charge in [0.2, 0.25) is 0 Å². The van der Waals surface area contributed by atoms with Crippen molar-refractivity contribution in [3.05, 3.63) is 40.6 Å². The van der Waals surface area contributed by atoms with E-state index in [1.165, 1.54) is 11.4 Å². The fourth-order valence-corrected chi connectivity index (χ4v) is 2.55. The zero-order valence-corrected chi connectivity index (χ0v) is 11.0. The number of aryl methyl sites for hydroxylation is 1. The van der Waals surface area contributed by atoms with Crippen molar-refractivity contribution in [2.75, 3.05) is 13.1 Å². The van der Waals surface area contributed by atoms with Crippen molar-refractivity contribution in [1.82, 2.24) is 14.9 Å². The molecule has 92 valence electrons. The van der Waals surface area contributed by atoms with Gasteiger partial charge in [0.15, 0.2) is 0 Å². The Kier molecular flexibility index (Phi) is 4.76. The van der Waals surface area contributed by atoms with Gasteiger partial charge in [-0.3, -0.25) is 0 Å². The number of imidazole rings is 1. The van der Waals surface area contributed by atoms with Crippen LogP contribution in [0, 0.1) is 0 Å². The Bertz CT molecular complexity index is 420. The Balaban J connectivity index is 1.63. The molecule has 0 aliphatic heterocycles. The van der Waals surface area contributed by atoms with Crippen LogP contribution in [0.25, 0.3) is 0 Å². The predicted octanol–water partition coefficient (Wildman–Crippen LogP) is 2.34. The lowest BCUT2D eigenvalue weighted by molar-refractivity contribution is 0.582. The standard InChI is InChI=1S/C13H19N3S/c1-2-13-15-7-9-16(13)8-6-14-5-3-12-4-10-17-11-12/h4,7,9-11,14H,2-3,5-6,8H2,1H3. The van der Waals surface area contributed by atoms with Gasteiger partial charge in [-0.15, -0.1) is 0 Å². The largest absolute Gasteiger partial charge is 0.334 e. The summed E-state index contributed by atoms with van der Waals surface area (Å²) in [4.78, 5) is 4.31. The Labute approximate surface area is 107 Å². The van der Waals surface area contributed by atoms with Gasteiger partial charge in [-0.05, 0) is 35.4 Å². The van der Waals surface area contributed by atoms with E-state index in [0.717, 1.165) is 32.5 Å². The normalized spacial score (nSPS) is 10.9. The van der Waals surface area contributed by atoms with Crippen molar-refractivity contribution in [2.24, 2.45) is 0 Å². The van der Waals surface area contributed by atoms with Crippen LogP contribution in [0.4, 0.5) is 0 Å². The molecule has 0 saturated carbocycles. The molecule has 0 radical (unpaired) electrons. The van der Waals surface area contributed by atoms with Crippen molar-refractivity contribution >= 4 is 11.3 Å². The van der Waals surface area contributed by atoms with Crippen LogP contribution in [-0.2, 0) is 19.4 Å². The average Bonchev–Trinajstić information content (AvgIpc) is 2.98. The maximum Gasteiger partial charge on any atom is 0.108 e. The molecule has 17 heavy (non-hydrogen) atoms. The van der Waals surface area contributed by atoms with Gasteiger partial charge in [0.05, 0.1) is 0 Å². The summed E-state index contributed by atoms with van der Waals surface area (Å²) in [6.45, 7) is 5.20. The molecule has 3 nitrogen and oxygen atoms in total. The van der Waals surface area contributed by atoms with Crippen LogP contribution in [-0.4, -0.2) is 22.6 Å². The van der Waals surface area contributed by atoms with Crippen molar-refractivity contribution in [3.8, 4) is 0 Å². The summed E-state index contributed by atoms with van der Waals surface area (Å²) in [5.74, 6) is 1.17. The van der Waals surface area contributed by atoms with E-state index in [1.54, 1.807) is 11.3 Å². The minimum atomic E-state index is 1.00. The molecular formula is C13H19N3S. The number of nitrogens with one attached hydrogen (secondary N) is 1. The van der Waals surface area contributed by atoms with Gasteiger partial charge < -0.3 is 9.88 Å². The molecule has 2 aromatic rings. The number of hydrogen-bond acceptors (Lipinski definition) is 3. The monoisotopic (exact) mass is 249 g/mol. The quantitative estimate of drug-likeness (QED) is 0.763. The van der Waals surface area contributed by atoms with Crippen molar-refractivity contribution < 1.29 is 0 Å². The molecule has 0 aliphatic carbocycles. The highest BCUT2D eigenvalue weighted by Gasteiger charge is 1.99. The van der Waals surface area contributed by atoms with E-state index >= 15 is 0 Å². The molecule has 0 fully saturated rings. The van der Waals surface area contributed by atoms with Crippen LogP contribution in [0.2, 0.25) is 0 Å². The third-order valence-electron chi connectivity index (χ3n) is 2.82. The van der Waals surface area contributed by atoms with Crippen LogP contribution in [0.5, 0.6) is 0 Å². The molecule has 0 atom stereocenters. The molecular weight excluding hydrogens is 230 g/mol. The topological polar surface area (TPSA) is 29.9 Å². The van der Waals surface area contributed by atoms with Crippen LogP contribution in [0.1, 0.15) is 18.3 Å². The first-order valence-corrected chi connectivity index (χ1v) is 7.06. The van der Waals surface area contributed by atoms with Gasteiger partial charge in [0.1, 0.15) is 5.82 Å². The summed E-state index contributed by atoms with van der Waals surface area (Å²) in [5.41, 5.74) is 1.43. The summed E-state index contributed by atoms with van der Waals surface area (Å²) in [5, 5.41) is 7.82. The van der Waals surface area contributed by atoms with Gasteiger partial charge in [-0.1, -0.05) is 6.92 Å². The highest BCUT2D eigenvalue weighted by molar-refractivity contribution is 7.07. The second-order valence-corrected chi connectivity index (χ2v) is 4.80. The minimum Gasteiger partial charge on any atom is -0.334 e. The second kappa shape index (κ2) is 6.57. The van der Waals surface area contributed by atoms with Crippen molar-refractivity contribution in [1.29, 1.82) is 0 Å². The molecule has 0 spiro atoms. The van der Waals surface area contributed by atoms with Crippen LogP contribution >= 0.6 is 11.3 Å². The molecule has 0 amide bonds. The fourth-order valence-electron chi connectivity index (χ4n) is 1.85. The molecule has 2 heterocycles. The number of aromatic nitrogens is 2. The van der Waals surface area contributed by atoms with E-state index < -0.39 is 0 Å². The van der Waals surface area contributed by atoms with E-state index in [-0.39, 0.29) is 0 Å². The molecule has 2 rings (SSSR count). The first-order chi connectivity index (χ1) is 8.40. The maximum atomic E-state index is 4.31. The summed E-state index contributed by atoms with van der Waals surface area (Å²) in [6.07, 6.45) is 6.06. The molecule has 0 unspecified atom stereocenters. The van der Waals surface area contributed by atoms with E-state index in [2.05, 4.69) is 44.8 Å². The van der Waals surface area contributed by atoms with Crippen LogP contribution in [0.15, 0.2) is 29.2 Å². The smallest absolute Gasteiger partial charge is 0.108 e. The van der Waals surface area contributed by atoms with Gasteiger partial charge in [-0.25, -0.2) is 4.98 Å². The first kappa shape index (κ1) is 12.3. The Morgan fingerprint density at radius 2 is 2.35 bits per heavy atom. The molecule has 0 bridgehead atoms. The summed E-state index contributed by atoms with van der Waals surface area (Å²) >= 11 is 1.77. The van der Waals surface area contributed by atoms with Crippen molar-refractivity contribution in [3.63, 3.8) is 0 Å². The molecule has 4 heteroatoms. The lowest BCUT2D eigenvalue weighted by Gasteiger charge is -2.07. The number of nitrogens with zero attached hydrogens (tertiary/aromatic N) is 2. The SMILES string of the molecule is CCc1nccn1CCNCCc1ccsc1. The van der Waals surface area contributed by atoms with E-state index in [4.69, 9.17) is 0 Å². The first-order valence-electron chi connectivity index (χ1n) is 6.12. The fraction of sp³-hybridized carbons (Fsp3) is 0.462. The lowest BCUT2D eigenvalue weighted by Crippen LogP contribution is -2.22. The molecule has 0 saturated heterocycles. The Morgan fingerprint density at radius 1 is 1.41 bits per heavy atom. The molecule has 0 aliphatic rings. The molecule has 0 aromatic carbocycles. The summed E-state index contributed by atoms with van der Waals surface area (Å²) in [6, 6.07) is 2.19. The number of hydrogen-bond donors (Lipinski definition) is 1. The Morgan fingerprint density at radius 3 is 3.12 bits per heavy atom. The van der Waals surface area contributed by atoms with Gasteiger partial charge >= 0.3 is 0 Å². The highest BCUT2D eigenvalue weighted by Crippen LogP contribution is 2.05. The van der Waals surface area contributed by atoms with Gasteiger partial charge in [-0.2, -0.15) is 11.3 Å². The van der Waals surface area contributed by atoms with Gasteiger partial charge in [0, 0.05) is 31.9 Å². The summed E-state index contributed by atoms with van der Waals surface area (Å²) < 4.78 is 2.22. The third-order valence-corrected chi connectivity index (χ3v) is 3.55. The molecule has 2 aromatic heterocycles. The highest BCUT2D eigenvalue weighted by atomic mass is 32.1. The number of rotatable bonds is 7. The van der Waals surface area contributed by atoms with E-state index in [9.17, 15) is 0 Å². The van der Waals surface area contributed by atoms with Crippen LogP contribution < -0.4 is 5.32 Å². The zero-order valence-electron chi connectivity index (χ0n) is 10.2. The molecule has 1 N–H and O–H groups in total. The maximum absolute atomic E-state index is 4.31. The van der Waals surface area contributed by atoms with E-state index in [1.807, 2.05) is 6.20 Å². The van der Waals surface area contributed by atoms with Crippen LogP contribution in [0.3, 0.4) is 0 Å². The second-order valence-electron chi connectivity index (χ2n) is 4.02.